The third-order valence-electron chi connectivity index (χ3n) is 3.11. The van der Waals surface area contributed by atoms with Crippen LogP contribution in [0.15, 0.2) is 36.4 Å². The molecule has 0 amide bonds. The highest BCUT2D eigenvalue weighted by atomic mass is 35.5. The Hall–Kier alpha value is -2.07. The summed E-state index contributed by atoms with van der Waals surface area (Å²) in [5.74, 6) is 0.718. The highest BCUT2D eigenvalue weighted by Crippen LogP contribution is 2.24. The lowest BCUT2D eigenvalue weighted by Gasteiger charge is -2.09. The van der Waals surface area contributed by atoms with Crippen LogP contribution in [0.4, 0.5) is 5.69 Å². The van der Waals surface area contributed by atoms with E-state index in [-0.39, 0.29) is 12.3 Å². The van der Waals surface area contributed by atoms with Crippen LogP contribution in [0.1, 0.15) is 16.7 Å². The van der Waals surface area contributed by atoms with Crippen LogP contribution < -0.4 is 4.74 Å². The molecule has 104 valence electrons. The van der Waals surface area contributed by atoms with Crippen molar-refractivity contribution in [2.45, 2.75) is 20.5 Å². The molecule has 0 atom stereocenters. The summed E-state index contributed by atoms with van der Waals surface area (Å²) in [6, 6.07) is 10.1. The second-order valence-electron chi connectivity index (χ2n) is 4.57. The molecule has 0 heterocycles. The molecule has 2 aromatic rings. The summed E-state index contributed by atoms with van der Waals surface area (Å²) in [6.07, 6.45) is 0. The Morgan fingerprint density at radius 2 is 1.90 bits per heavy atom. The minimum absolute atomic E-state index is 0.00749. The predicted octanol–water partition coefficient (Wildman–Crippen LogP) is 4.44. The van der Waals surface area contributed by atoms with Crippen molar-refractivity contribution in [1.82, 2.24) is 0 Å². The normalized spacial score (nSPS) is 10.3. The van der Waals surface area contributed by atoms with Gasteiger partial charge >= 0.3 is 0 Å². The molecule has 20 heavy (non-hydrogen) atoms. The molecular formula is C15H14ClNO3. The van der Waals surface area contributed by atoms with Crippen LogP contribution in [-0.4, -0.2) is 4.92 Å². The molecule has 0 aromatic heterocycles. The van der Waals surface area contributed by atoms with Crippen molar-refractivity contribution in [2.24, 2.45) is 0 Å². The van der Waals surface area contributed by atoms with Gasteiger partial charge in [0.15, 0.2) is 0 Å². The quantitative estimate of drug-likeness (QED) is 0.618. The molecule has 5 heteroatoms. The molecule has 0 aliphatic carbocycles. The second-order valence-corrected chi connectivity index (χ2v) is 4.97. The molecule has 0 N–H and O–H groups in total. The average Bonchev–Trinajstić information content (AvgIpc) is 2.41. The molecule has 2 rings (SSSR count). The summed E-state index contributed by atoms with van der Waals surface area (Å²) in [6.45, 7) is 4.22. The average molecular weight is 292 g/mol. The van der Waals surface area contributed by atoms with Crippen molar-refractivity contribution in [3.63, 3.8) is 0 Å². The molecule has 0 radical (unpaired) electrons. The van der Waals surface area contributed by atoms with Crippen LogP contribution in [0.5, 0.6) is 5.75 Å². The number of nitro benzene ring substituents is 1. The number of ether oxygens (including phenoxy) is 1. The van der Waals surface area contributed by atoms with E-state index in [9.17, 15) is 10.1 Å². The molecule has 0 bridgehead atoms. The molecule has 0 aliphatic heterocycles. The van der Waals surface area contributed by atoms with Gasteiger partial charge in [0.25, 0.3) is 5.69 Å². The lowest BCUT2D eigenvalue weighted by molar-refractivity contribution is -0.384. The number of rotatable bonds is 4. The maximum absolute atomic E-state index is 10.7. The number of benzene rings is 2. The molecule has 0 saturated heterocycles. The van der Waals surface area contributed by atoms with Gasteiger partial charge in [-0.05, 0) is 43.2 Å². The van der Waals surface area contributed by atoms with Gasteiger partial charge in [-0.2, -0.15) is 0 Å². The molecule has 0 spiro atoms. The Labute approximate surface area is 122 Å². The van der Waals surface area contributed by atoms with E-state index in [1.165, 1.54) is 23.8 Å². The summed E-state index contributed by atoms with van der Waals surface area (Å²) in [5, 5.41) is 11.2. The third kappa shape index (κ3) is 3.27. The van der Waals surface area contributed by atoms with Gasteiger partial charge in [0.05, 0.1) is 4.92 Å². The summed E-state index contributed by atoms with van der Waals surface area (Å²) in [5.41, 5.74) is 2.92. The van der Waals surface area contributed by atoms with Crippen LogP contribution >= 0.6 is 11.6 Å². The Balaban J connectivity index is 2.15. The van der Waals surface area contributed by atoms with Crippen molar-refractivity contribution in [3.05, 3.63) is 68.2 Å². The van der Waals surface area contributed by atoms with E-state index in [1.54, 1.807) is 0 Å². The highest BCUT2D eigenvalue weighted by Gasteiger charge is 2.10. The molecule has 0 unspecified atom stereocenters. The topological polar surface area (TPSA) is 52.4 Å². The van der Waals surface area contributed by atoms with Crippen molar-refractivity contribution >= 4 is 17.3 Å². The van der Waals surface area contributed by atoms with Crippen LogP contribution in [-0.2, 0) is 6.61 Å². The van der Waals surface area contributed by atoms with Crippen LogP contribution in [0.3, 0.4) is 0 Å². The second kappa shape index (κ2) is 5.92. The van der Waals surface area contributed by atoms with Gasteiger partial charge in [0, 0.05) is 22.7 Å². The number of non-ortho nitro benzene ring substituents is 1. The molecule has 0 saturated carbocycles. The van der Waals surface area contributed by atoms with E-state index in [0.29, 0.717) is 10.6 Å². The first-order valence-electron chi connectivity index (χ1n) is 6.10. The van der Waals surface area contributed by atoms with Crippen molar-refractivity contribution in [3.8, 4) is 5.75 Å². The van der Waals surface area contributed by atoms with E-state index < -0.39 is 4.92 Å². The van der Waals surface area contributed by atoms with Gasteiger partial charge in [-0.1, -0.05) is 17.7 Å². The number of aryl methyl sites for hydroxylation is 2. The third-order valence-corrected chi connectivity index (χ3v) is 3.48. The summed E-state index contributed by atoms with van der Waals surface area (Å²) in [4.78, 5) is 10.3. The number of halogens is 1. The van der Waals surface area contributed by atoms with E-state index in [1.807, 2.05) is 32.0 Å². The Kier molecular flexibility index (Phi) is 4.25. The largest absolute Gasteiger partial charge is 0.489 e. The van der Waals surface area contributed by atoms with Gasteiger partial charge in [0.1, 0.15) is 12.4 Å². The predicted molar refractivity (Wildman–Crippen MR) is 78.4 cm³/mol. The van der Waals surface area contributed by atoms with E-state index in [2.05, 4.69) is 0 Å². The van der Waals surface area contributed by atoms with Gasteiger partial charge in [-0.3, -0.25) is 10.1 Å². The smallest absolute Gasteiger partial charge is 0.269 e. The maximum Gasteiger partial charge on any atom is 0.269 e. The zero-order valence-corrected chi connectivity index (χ0v) is 12.0. The van der Waals surface area contributed by atoms with Crippen LogP contribution in [0, 0.1) is 24.0 Å². The summed E-state index contributed by atoms with van der Waals surface area (Å²) < 4.78 is 5.64. The SMILES string of the molecule is Cc1ccc(OCc2cc([N+](=O)[O-])ccc2Cl)cc1C. The van der Waals surface area contributed by atoms with E-state index >= 15 is 0 Å². The summed E-state index contributed by atoms with van der Waals surface area (Å²) >= 11 is 6.02. The molecule has 0 fully saturated rings. The minimum atomic E-state index is -0.449. The maximum atomic E-state index is 10.7. The monoisotopic (exact) mass is 291 g/mol. The molecule has 4 nitrogen and oxygen atoms in total. The fraction of sp³-hybridized carbons (Fsp3) is 0.200. The standard InChI is InChI=1S/C15H14ClNO3/c1-10-3-5-14(7-11(10)2)20-9-12-8-13(17(18)19)4-6-15(12)16/h3-8H,9H2,1-2H3. The van der Waals surface area contributed by atoms with Crippen molar-refractivity contribution in [1.29, 1.82) is 0 Å². The van der Waals surface area contributed by atoms with Crippen molar-refractivity contribution < 1.29 is 9.66 Å². The minimum Gasteiger partial charge on any atom is -0.489 e. The van der Waals surface area contributed by atoms with Crippen LogP contribution in [0.25, 0.3) is 0 Å². The summed E-state index contributed by atoms with van der Waals surface area (Å²) in [7, 11) is 0. The zero-order chi connectivity index (χ0) is 14.7. The molecule has 2 aromatic carbocycles. The Morgan fingerprint density at radius 1 is 1.15 bits per heavy atom. The van der Waals surface area contributed by atoms with Gasteiger partial charge < -0.3 is 4.74 Å². The fourth-order valence-electron chi connectivity index (χ4n) is 1.75. The fourth-order valence-corrected chi connectivity index (χ4v) is 1.92. The van der Waals surface area contributed by atoms with Crippen LogP contribution in [0.2, 0.25) is 5.02 Å². The number of nitrogens with zero attached hydrogens (tertiary/aromatic N) is 1. The lowest BCUT2D eigenvalue weighted by atomic mass is 10.1. The lowest BCUT2D eigenvalue weighted by Crippen LogP contribution is -1.98. The highest BCUT2D eigenvalue weighted by molar-refractivity contribution is 6.31. The van der Waals surface area contributed by atoms with Gasteiger partial charge in [-0.25, -0.2) is 0 Å². The molecular weight excluding hydrogens is 278 g/mol. The molecule has 0 aliphatic rings. The first kappa shape index (κ1) is 14.3. The van der Waals surface area contributed by atoms with Crippen molar-refractivity contribution in [2.75, 3.05) is 0 Å². The Morgan fingerprint density at radius 3 is 2.55 bits per heavy atom. The number of nitro groups is 1. The number of hydrogen-bond donors (Lipinski definition) is 0. The van der Waals surface area contributed by atoms with Gasteiger partial charge in [-0.15, -0.1) is 0 Å². The zero-order valence-electron chi connectivity index (χ0n) is 11.2. The first-order chi connectivity index (χ1) is 9.47. The van der Waals surface area contributed by atoms with E-state index in [4.69, 9.17) is 16.3 Å². The van der Waals surface area contributed by atoms with Gasteiger partial charge in [0.2, 0.25) is 0 Å². The van der Waals surface area contributed by atoms with E-state index in [0.717, 1.165) is 11.3 Å². The Bertz CT molecular complexity index is 656. The number of hydrogen-bond acceptors (Lipinski definition) is 3. The first-order valence-corrected chi connectivity index (χ1v) is 6.48.